The Morgan fingerprint density at radius 2 is 1.96 bits per heavy atom. The molecule has 0 saturated heterocycles. The normalized spacial score (nSPS) is 11.1. The Balaban J connectivity index is 2.29. The number of sulfonamides is 1. The Bertz CT molecular complexity index is 869. The first kappa shape index (κ1) is 17.5. The lowest BCUT2D eigenvalue weighted by atomic mass is 10.1. The number of benzene rings is 1. The summed E-state index contributed by atoms with van der Waals surface area (Å²) in [7, 11) is -2.66. The van der Waals surface area contributed by atoms with Crippen LogP contribution >= 0.6 is 23.2 Å². The van der Waals surface area contributed by atoms with Crippen LogP contribution in [0.4, 0.5) is 0 Å². The fourth-order valence-electron chi connectivity index (χ4n) is 1.75. The van der Waals surface area contributed by atoms with Crippen molar-refractivity contribution >= 4 is 39.1 Å². The van der Waals surface area contributed by atoms with E-state index in [4.69, 9.17) is 27.9 Å². The van der Waals surface area contributed by atoms with Gasteiger partial charge in [0, 0.05) is 11.8 Å². The summed E-state index contributed by atoms with van der Waals surface area (Å²) in [6, 6.07) is 5.71. The summed E-state index contributed by atoms with van der Waals surface area (Å²) in [5.41, 5.74) is 0.963. The lowest BCUT2D eigenvalue weighted by Crippen LogP contribution is -2.30. The van der Waals surface area contributed by atoms with Gasteiger partial charge in [0.1, 0.15) is 15.8 Å². The summed E-state index contributed by atoms with van der Waals surface area (Å²) in [5, 5.41) is -0.0563. The topological polar surface area (TPSA) is 85.4 Å². The van der Waals surface area contributed by atoms with E-state index >= 15 is 0 Å². The first-order valence-electron chi connectivity index (χ1n) is 6.27. The number of hydrogen-bond acceptors (Lipinski definition) is 5. The Hall–Kier alpha value is -1.83. The number of aromatic nitrogens is 1. The van der Waals surface area contributed by atoms with Gasteiger partial charge in [0.2, 0.25) is 0 Å². The van der Waals surface area contributed by atoms with Gasteiger partial charge in [0.05, 0.1) is 12.1 Å². The van der Waals surface area contributed by atoms with Crippen molar-refractivity contribution in [2.45, 2.75) is 11.8 Å². The van der Waals surface area contributed by atoms with Crippen LogP contribution in [-0.2, 0) is 10.0 Å². The molecule has 0 saturated carbocycles. The quantitative estimate of drug-likeness (QED) is 0.831. The highest BCUT2D eigenvalue weighted by Gasteiger charge is 2.21. The standard InChI is InChI=1S/C14H12Cl2N2O4S/c1-8-3-4-9(5-12(8)22-2)14(19)18-23(20,21)10-6-11(15)13(16)17-7-10/h3-7H,1-2H3,(H,18,19). The summed E-state index contributed by atoms with van der Waals surface area (Å²) >= 11 is 11.4. The summed E-state index contributed by atoms with van der Waals surface area (Å²) < 4.78 is 31.4. The first-order chi connectivity index (χ1) is 10.7. The first-order valence-corrected chi connectivity index (χ1v) is 8.51. The van der Waals surface area contributed by atoms with Crippen molar-refractivity contribution in [3.05, 3.63) is 51.8 Å². The summed E-state index contributed by atoms with van der Waals surface area (Å²) in [4.78, 5) is 15.5. The molecule has 1 N–H and O–H groups in total. The van der Waals surface area contributed by atoms with Crippen molar-refractivity contribution in [1.29, 1.82) is 0 Å². The maximum absolute atomic E-state index is 12.2. The number of nitrogens with zero attached hydrogens (tertiary/aromatic N) is 1. The Kier molecular flexibility index (Phi) is 5.13. The number of methoxy groups -OCH3 is 1. The molecule has 0 aliphatic carbocycles. The highest BCUT2D eigenvalue weighted by atomic mass is 35.5. The van der Waals surface area contributed by atoms with Crippen LogP contribution in [0.25, 0.3) is 0 Å². The maximum atomic E-state index is 12.2. The van der Waals surface area contributed by atoms with Crippen molar-refractivity contribution in [1.82, 2.24) is 9.71 Å². The minimum atomic E-state index is -4.12. The van der Waals surface area contributed by atoms with Crippen molar-refractivity contribution in [2.24, 2.45) is 0 Å². The monoisotopic (exact) mass is 374 g/mol. The third-order valence-electron chi connectivity index (χ3n) is 2.98. The molecule has 0 radical (unpaired) electrons. The third-order valence-corrected chi connectivity index (χ3v) is 4.96. The molecule has 23 heavy (non-hydrogen) atoms. The molecule has 0 unspecified atom stereocenters. The molecule has 122 valence electrons. The number of rotatable bonds is 4. The van der Waals surface area contributed by atoms with E-state index < -0.39 is 15.9 Å². The minimum Gasteiger partial charge on any atom is -0.496 e. The molecular formula is C14H12Cl2N2O4S. The van der Waals surface area contributed by atoms with Crippen LogP contribution in [0.3, 0.4) is 0 Å². The fourth-order valence-corrected chi connectivity index (χ4v) is 3.03. The predicted octanol–water partition coefficient (Wildman–Crippen LogP) is 2.82. The van der Waals surface area contributed by atoms with Crippen molar-refractivity contribution in [2.75, 3.05) is 7.11 Å². The predicted molar refractivity (Wildman–Crippen MR) is 86.6 cm³/mol. The third kappa shape index (κ3) is 3.93. The van der Waals surface area contributed by atoms with E-state index in [1.54, 1.807) is 13.0 Å². The van der Waals surface area contributed by atoms with Gasteiger partial charge < -0.3 is 4.74 Å². The second kappa shape index (κ2) is 6.74. The Morgan fingerprint density at radius 1 is 1.26 bits per heavy atom. The number of nitrogens with one attached hydrogen (secondary N) is 1. The van der Waals surface area contributed by atoms with Crippen molar-refractivity contribution in [3.63, 3.8) is 0 Å². The Labute approximate surface area is 143 Å². The largest absolute Gasteiger partial charge is 0.496 e. The molecular weight excluding hydrogens is 363 g/mol. The van der Waals surface area contributed by atoms with E-state index in [2.05, 4.69) is 4.98 Å². The summed E-state index contributed by atoms with van der Waals surface area (Å²) in [6.45, 7) is 1.80. The van der Waals surface area contributed by atoms with Gasteiger partial charge in [-0.3, -0.25) is 4.79 Å². The molecule has 9 heteroatoms. The zero-order valence-electron chi connectivity index (χ0n) is 12.1. The van der Waals surface area contributed by atoms with E-state index in [-0.39, 0.29) is 20.6 Å². The summed E-state index contributed by atoms with van der Waals surface area (Å²) in [5.74, 6) is -0.319. The van der Waals surface area contributed by atoms with Gasteiger partial charge in [-0.25, -0.2) is 18.1 Å². The molecule has 0 bridgehead atoms. The van der Waals surface area contributed by atoms with Gasteiger partial charge in [-0.1, -0.05) is 29.3 Å². The highest BCUT2D eigenvalue weighted by Crippen LogP contribution is 2.23. The van der Waals surface area contributed by atoms with E-state index in [9.17, 15) is 13.2 Å². The van der Waals surface area contributed by atoms with Crippen LogP contribution < -0.4 is 9.46 Å². The average Bonchev–Trinajstić information content (AvgIpc) is 2.49. The van der Waals surface area contributed by atoms with E-state index in [0.717, 1.165) is 17.8 Å². The molecule has 1 amide bonds. The second-order valence-electron chi connectivity index (χ2n) is 4.56. The fraction of sp³-hybridized carbons (Fsp3) is 0.143. The van der Waals surface area contributed by atoms with Gasteiger partial charge >= 0.3 is 0 Å². The number of carbonyl (C=O) groups is 1. The summed E-state index contributed by atoms with van der Waals surface area (Å²) in [6.07, 6.45) is 1.01. The number of halogens is 2. The minimum absolute atomic E-state index is 0.0276. The number of pyridine rings is 1. The number of hydrogen-bond donors (Lipinski definition) is 1. The highest BCUT2D eigenvalue weighted by molar-refractivity contribution is 7.90. The average molecular weight is 375 g/mol. The number of ether oxygens (including phenoxy) is 1. The zero-order valence-corrected chi connectivity index (χ0v) is 14.5. The molecule has 0 aliphatic rings. The van der Waals surface area contributed by atoms with Crippen LogP contribution in [-0.4, -0.2) is 26.4 Å². The van der Waals surface area contributed by atoms with Gasteiger partial charge in [-0.15, -0.1) is 0 Å². The molecule has 2 rings (SSSR count). The molecule has 0 atom stereocenters. The van der Waals surface area contributed by atoms with Crippen LogP contribution in [0.1, 0.15) is 15.9 Å². The SMILES string of the molecule is COc1cc(C(=O)NS(=O)(=O)c2cnc(Cl)c(Cl)c2)ccc1C. The molecule has 0 aliphatic heterocycles. The molecule has 1 aromatic carbocycles. The van der Waals surface area contributed by atoms with Crippen LogP contribution in [0.2, 0.25) is 10.2 Å². The smallest absolute Gasteiger partial charge is 0.265 e. The van der Waals surface area contributed by atoms with Gasteiger partial charge in [0.25, 0.3) is 15.9 Å². The van der Waals surface area contributed by atoms with Gasteiger partial charge in [-0.2, -0.15) is 0 Å². The van der Waals surface area contributed by atoms with Gasteiger partial charge in [-0.05, 0) is 30.7 Å². The molecule has 0 spiro atoms. The van der Waals surface area contributed by atoms with Gasteiger partial charge in [0.15, 0.2) is 0 Å². The second-order valence-corrected chi connectivity index (χ2v) is 7.01. The van der Waals surface area contributed by atoms with Crippen LogP contribution in [0.15, 0.2) is 35.4 Å². The van der Waals surface area contributed by atoms with Crippen molar-refractivity contribution in [3.8, 4) is 5.75 Å². The number of amides is 1. The molecule has 1 aromatic heterocycles. The lowest BCUT2D eigenvalue weighted by molar-refractivity contribution is 0.0981. The number of carbonyl (C=O) groups excluding carboxylic acids is 1. The molecule has 2 aromatic rings. The zero-order chi connectivity index (χ0) is 17.2. The van der Waals surface area contributed by atoms with E-state index in [1.807, 2.05) is 4.72 Å². The van der Waals surface area contributed by atoms with Crippen molar-refractivity contribution < 1.29 is 17.9 Å². The van der Waals surface area contributed by atoms with Crippen LogP contribution in [0.5, 0.6) is 5.75 Å². The van der Waals surface area contributed by atoms with Crippen LogP contribution in [0, 0.1) is 6.92 Å². The van der Waals surface area contributed by atoms with E-state index in [1.165, 1.54) is 19.2 Å². The molecule has 1 heterocycles. The molecule has 6 nitrogen and oxygen atoms in total. The molecule has 0 fully saturated rings. The maximum Gasteiger partial charge on any atom is 0.265 e. The number of aryl methyl sites for hydroxylation is 1. The van der Waals surface area contributed by atoms with E-state index in [0.29, 0.717) is 5.75 Å². The Morgan fingerprint density at radius 3 is 2.57 bits per heavy atom. The lowest BCUT2D eigenvalue weighted by Gasteiger charge is -2.09.